The highest BCUT2D eigenvalue weighted by Crippen LogP contribution is 2.51. The Morgan fingerprint density at radius 1 is 0.648 bits per heavy atom. The summed E-state index contributed by atoms with van der Waals surface area (Å²) in [7, 11) is 1.49. The third-order valence-corrected chi connectivity index (χ3v) is 24.3. The number of likely N-dealkylation sites (N-methyl/N-ethyl adjacent to an activating group) is 1. The fourth-order valence-corrected chi connectivity index (χ4v) is 17.1. The second kappa shape index (κ2) is 40.0. The number of hydrogen-bond acceptors (Lipinski definition) is 28. The van der Waals surface area contributed by atoms with Crippen LogP contribution >= 0.6 is 23.2 Å². The van der Waals surface area contributed by atoms with Crippen LogP contribution in [0.4, 0.5) is 0 Å². The van der Waals surface area contributed by atoms with Gasteiger partial charge in [0.25, 0.3) is 0 Å². The Kier molecular flexibility index (Phi) is 29.6. The third-order valence-electron chi connectivity index (χ3n) is 23.7. The molecule has 7 aromatic rings. The molecule has 1 unspecified atom stereocenters. The highest BCUT2D eigenvalue weighted by molar-refractivity contribution is 6.32. The van der Waals surface area contributed by atoms with Crippen LogP contribution in [-0.4, -0.2) is 216 Å². The van der Waals surface area contributed by atoms with E-state index in [-0.39, 0.29) is 82.6 Å². The van der Waals surface area contributed by atoms with Gasteiger partial charge in [0, 0.05) is 54.2 Å². The molecule has 36 nitrogen and oxygen atoms in total. The Morgan fingerprint density at radius 3 is 1.90 bits per heavy atom. The van der Waals surface area contributed by atoms with E-state index in [9.17, 15) is 60.3 Å². The molecule has 0 radical (unpaired) electrons. The fourth-order valence-electron chi connectivity index (χ4n) is 16.7. The van der Waals surface area contributed by atoms with Crippen molar-refractivity contribution in [3.63, 3.8) is 0 Å². The zero-order valence-corrected chi connectivity index (χ0v) is 72.7. The monoisotopic (exact) mass is 1810 g/mol. The summed E-state index contributed by atoms with van der Waals surface area (Å²) >= 11 is 14.8. The van der Waals surface area contributed by atoms with E-state index in [1.165, 1.54) is 51.2 Å². The van der Waals surface area contributed by atoms with Gasteiger partial charge in [0.05, 0.1) is 53.5 Å². The van der Waals surface area contributed by atoms with E-state index in [0.29, 0.717) is 12.8 Å². The number of benzene rings is 7. The van der Waals surface area contributed by atoms with Crippen molar-refractivity contribution in [1.82, 2.24) is 47.9 Å². The molecule has 7 aromatic carbocycles. The molecular weight excluding hydrogens is 1710 g/mol. The van der Waals surface area contributed by atoms with Gasteiger partial charge in [-0.2, -0.15) is 0 Å². The summed E-state index contributed by atoms with van der Waals surface area (Å²) in [6.07, 6.45) is -21.6. The number of hydrogen-bond donors (Lipinski definition) is 20. The van der Waals surface area contributed by atoms with Crippen LogP contribution in [0, 0.1) is 5.92 Å². The first-order valence-corrected chi connectivity index (χ1v) is 42.8. The predicted molar refractivity (Wildman–Crippen MR) is 461 cm³/mol. The number of nitrogens with one attached hydrogen (secondary N) is 9. The molecule has 22 N–H and O–H groups in total. The predicted octanol–water partition coefficient (Wildman–Crippen LogP) is 4.67. The van der Waals surface area contributed by atoms with Gasteiger partial charge in [0.15, 0.2) is 30.2 Å². The third kappa shape index (κ3) is 21.0. The molecular formula is C90H107Cl2N11O25. The van der Waals surface area contributed by atoms with Crippen molar-refractivity contribution in [2.45, 2.75) is 227 Å². The average Bonchev–Trinajstić information content (AvgIpc) is 0.759. The van der Waals surface area contributed by atoms with E-state index in [1.54, 1.807) is 13.8 Å². The van der Waals surface area contributed by atoms with Gasteiger partial charge in [-0.15, -0.1) is 0 Å². The summed E-state index contributed by atoms with van der Waals surface area (Å²) in [5.74, 6) is -14.5. The second-order valence-electron chi connectivity index (χ2n) is 33.9. The van der Waals surface area contributed by atoms with Crippen LogP contribution in [-0.2, 0) is 68.6 Å². The lowest BCUT2D eigenvalue weighted by molar-refractivity contribution is -0.334. The van der Waals surface area contributed by atoms with Gasteiger partial charge in [0.2, 0.25) is 59.3 Å². The number of halogens is 2. The van der Waals surface area contributed by atoms with Crippen LogP contribution in [0.15, 0.2) is 133 Å². The van der Waals surface area contributed by atoms with Crippen molar-refractivity contribution < 1.29 is 122 Å². The number of unbranched alkanes of at least 4 members (excludes halogenated alkanes) is 1. The number of fused-ring (bicyclic) bond motifs is 15. The number of nitrogens with two attached hydrogens (primary N) is 2. The van der Waals surface area contributed by atoms with Crippen molar-refractivity contribution in [3.05, 3.63) is 177 Å². The quantitative estimate of drug-likeness (QED) is 0.0410. The van der Waals surface area contributed by atoms with E-state index in [1.807, 2.05) is 75.4 Å². The summed E-state index contributed by atoms with van der Waals surface area (Å²) in [6, 6.07) is 18.4. The van der Waals surface area contributed by atoms with Gasteiger partial charge in [-0.25, -0.2) is 0 Å². The lowest BCUT2D eigenvalue weighted by Gasteiger charge is -2.48. The van der Waals surface area contributed by atoms with Crippen molar-refractivity contribution in [1.29, 1.82) is 0 Å². The molecule has 0 aromatic heterocycles. The lowest BCUT2D eigenvalue weighted by Crippen LogP contribution is -2.65. The van der Waals surface area contributed by atoms with Crippen molar-refractivity contribution in [3.8, 4) is 68.2 Å². The number of aromatic hydroxyl groups is 3. The summed E-state index contributed by atoms with van der Waals surface area (Å²) in [5, 5.41) is 131. The van der Waals surface area contributed by atoms with E-state index >= 15 is 24.0 Å². The standard InChI is InChI=1S/C90H107Cl2N11O25/c1-9-10-26-96-83(116)70-52-33-50(105)34-58(107)67(52)51-28-46(20-23-57(51)106)68-84(117)103-72(87(120)101-70)76(126-65-36-89(6,94)79(112)41(4)121-65)48-22-25-60(54(92)30-48)124-62-32-49-31-61(123-59-24-21-47(29-53(59)91)73(109)71(102-81(114)55(95-8)27-40(2)3)86(119)98-56(35-64(93)108)82(115)99-69(49)85(118)100-68)77(62)128-88-78(75(111)74(110)63(39-104)125-88)127-66-37-90(7,80(113)42(5)122-66)97-38-43-16-18-45(19-17-43)44-14-12-11-13-15-44/h11-25,28-34,40-42,55-56,63,65-66,68-76,78-80,88,95,97,104-107,109-113H,9-10,26-27,35-39,94H2,1-8H3,(H2,93,108)(H,96,116)(H,98,119)(H,99,115)(H,100,118)(H,101,120)(H,102,114)(H,103,117)/t41-,42-,55+,56-,63+,65-,66-,68+,69+,70?,71+,72-,73+,74+,75-,76+,78+,79-,80-,88-,89-,90-/m0/s1. The van der Waals surface area contributed by atoms with Crippen LogP contribution in [0.5, 0.6) is 46.0 Å². The van der Waals surface area contributed by atoms with Crippen molar-refractivity contribution >= 4 is 70.5 Å². The lowest BCUT2D eigenvalue weighted by atomic mass is 9.84. The summed E-state index contributed by atoms with van der Waals surface area (Å²) < 4.78 is 53.3. The molecule has 3 fully saturated rings. The highest BCUT2D eigenvalue weighted by atomic mass is 35.5. The first-order valence-electron chi connectivity index (χ1n) is 42.1. The number of carbonyl (C=O) groups excluding carboxylic acids is 8. The van der Waals surface area contributed by atoms with Crippen LogP contribution in [0.3, 0.4) is 0 Å². The zero-order valence-electron chi connectivity index (χ0n) is 71.2. The molecule has 38 heteroatoms. The maximum Gasteiger partial charge on any atom is 0.248 e. The Hall–Kier alpha value is -10.9. The number of aliphatic hydroxyl groups excluding tert-OH is 6. The molecule has 22 atom stereocenters. The molecule has 11 bridgehead atoms. The summed E-state index contributed by atoms with van der Waals surface area (Å²) in [5.41, 5.74) is 10.6. The van der Waals surface area contributed by atoms with Gasteiger partial charge >= 0.3 is 0 Å². The maximum absolute atomic E-state index is 16.7. The van der Waals surface area contributed by atoms with Gasteiger partial charge < -0.3 is 143 Å². The van der Waals surface area contributed by atoms with Crippen molar-refractivity contribution in [2.24, 2.45) is 17.4 Å². The van der Waals surface area contributed by atoms with E-state index in [4.69, 9.17) is 72.6 Å². The number of amides is 8. The molecule has 0 spiro atoms. The molecule has 8 amide bonds. The summed E-state index contributed by atoms with van der Waals surface area (Å²) in [6.45, 7) is 11.1. The van der Waals surface area contributed by atoms with E-state index in [0.717, 1.165) is 65.2 Å². The fraction of sp³-hybridized carbons (Fsp3) is 0.444. The topological polar surface area (TPSA) is 553 Å². The number of phenolic OH excluding ortho intramolecular Hbond substituents is 3. The SMILES string of the molecule is CCCCNC(=O)C1NC(=O)[C@H]2NC(=O)[C@H](NC(=O)[C@@H]3NC(=O)[C@H](CC(N)=O)NC(=O)[C@H](NC(=O)[C@@H](CC(C)C)NC)[C@H](O)c4ccc(c(Cl)c4)Oc4cc3cc(c4O[C@@H]3O[C@H](CO)[C@@H](O)[C@H](O)[C@H]3O[C@H]3C[C@](C)(NCc4ccc(-c5ccccc5)cc4)[C@@H](O)[C@H](C)O3)Oc3ccc(cc3Cl)[C@H]2O[C@H]2C[C@](C)(N)[C@@H](O)[C@H](C)O2)c2ccc(O)c(c2)-c2c(O)cc(O)cc21. The van der Waals surface area contributed by atoms with Gasteiger partial charge in [0.1, 0.15) is 95.5 Å². The largest absolute Gasteiger partial charge is 0.508 e. The number of rotatable bonds is 22. The molecule has 128 heavy (non-hydrogen) atoms. The summed E-state index contributed by atoms with van der Waals surface area (Å²) in [4.78, 5) is 123. The normalized spacial score (nSPS) is 29.3. The van der Waals surface area contributed by atoms with Gasteiger partial charge in [-0.1, -0.05) is 123 Å². The number of aliphatic hydroxyl groups is 6. The maximum atomic E-state index is 16.7. The van der Waals surface area contributed by atoms with E-state index < -0.39 is 244 Å². The van der Waals surface area contributed by atoms with Crippen LogP contribution in [0.1, 0.15) is 151 Å². The molecule has 0 aliphatic carbocycles. The molecule has 15 rings (SSSR count). The Balaban J connectivity index is 1.03. The Morgan fingerprint density at radius 2 is 1.27 bits per heavy atom. The van der Waals surface area contributed by atoms with Crippen LogP contribution < -0.4 is 73.5 Å². The number of carbonyl (C=O) groups is 8. The van der Waals surface area contributed by atoms with Crippen LogP contribution in [0.2, 0.25) is 10.0 Å². The zero-order chi connectivity index (χ0) is 92.2. The number of primary amides is 1. The average molecular weight is 1810 g/mol. The number of ether oxygens (including phenoxy) is 8. The van der Waals surface area contributed by atoms with E-state index in [2.05, 4.69) is 47.9 Å². The van der Waals surface area contributed by atoms with Gasteiger partial charge in [-0.05, 0) is 153 Å². The van der Waals surface area contributed by atoms with Crippen molar-refractivity contribution in [2.75, 3.05) is 20.2 Å². The minimum Gasteiger partial charge on any atom is -0.508 e. The smallest absolute Gasteiger partial charge is 0.248 e. The molecule has 3 saturated heterocycles. The van der Waals surface area contributed by atoms with Gasteiger partial charge in [-0.3, -0.25) is 38.4 Å². The minimum atomic E-state index is -2.37. The molecule has 8 aliphatic rings. The minimum absolute atomic E-state index is 0.0214. The Bertz CT molecular complexity index is 5270. The molecule has 686 valence electrons. The highest BCUT2D eigenvalue weighted by Gasteiger charge is 2.53. The second-order valence-corrected chi connectivity index (χ2v) is 34.7. The molecule has 0 saturated carbocycles. The molecule has 8 heterocycles. The Labute approximate surface area is 746 Å². The molecule has 8 aliphatic heterocycles. The first-order chi connectivity index (χ1) is 60.8. The number of phenols is 3. The first kappa shape index (κ1) is 94.7. The van der Waals surface area contributed by atoms with Crippen LogP contribution in [0.25, 0.3) is 22.3 Å².